The third kappa shape index (κ3) is 4.99. The summed E-state index contributed by atoms with van der Waals surface area (Å²) >= 11 is 6.12. The molecule has 0 aromatic heterocycles. The Hall–Kier alpha value is -1.60. The Morgan fingerprint density at radius 1 is 1.41 bits per heavy atom. The van der Waals surface area contributed by atoms with Crippen LogP contribution in [0, 0.1) is 0 Å². The standard InChI is InChI=1S/C15H18N2O3S2/c1-2-3-8-20-11-6-4-10(5-7-11)16-13(18)9-12-14(19)17-15(21)22-12/h4-7,12H,2-3,8-9H2,1H3,(H,16,18)(H,17,19,21)/t12-/m0/s1. The van der Waals surface area contributed by atoms with Crippen molar-refractivity contribution in [2.45, 2.75) is 31.4 Å². The van der Waals surface area contributed by atoms with E-state index in [1.165, 1.54) is 11.8 Å². The van der Waals surface area contributed by atoms with Crippen LogP contribution in [-0.2, 0) is 9.59 Å². The highest BCUT2D eigenvalue weighted by atomic mass is 32.2. The molecule has 22 heavy (non-hydrogen) atoms. The molecule has 1 aliphatic heterocycles. The molecule has 5 nitrogen and oxygen atoms in total. The van der Waals surface area contributed by atoms with Gasteiger partial charge in [-0.05, 0) is 30.7 Å². The molecule has 0 spiro atoms. The van der Waals surface area contributed by atoms with Crippen molar-refractivity contribution < 1.29 is 14.3 Å². The van der Waals surface area contributed by atoms with Crippen LogP contribution in [0.3, 0.4) is 0 Å². The quantitative estimate of drug-likeness (QED) is 0.591. The summed E-state index contributed by atoms with van der Waals surface area (Å²) in [7, 11) is 0. The molecule has 2 amide bonds. The van der Waals surface area contributed by atoms with Gasteiger partial charge >= 0.3 is 0 Å². The second kappa shape index (κ2) is 8.14. The van der Waals surface area contributed by atoms with E-state index in [0.717, 1.165) is 18.6 Å². The van der Waals surface area contributed by atoms with Crippen molar-refractivity contribution in [1.82, 2.24) is 5.32 Å². The predicted octanol–water partition coefficient (Wildman–Crippen LogP) is 2.71. The van der Waals surface area contributed by atoms with Crippen molar-refractivity contribution in [3.05, 3.63) is 24.3 Å². The number of benzene rings is 1. The number of thiocarbonyl (C=S) groups is 1. The normalized spacial score (nSPS) is 17.2. The number of hydrogen-bond donors (Lipinski definition) is 2. The van der Waals surface area contributed by atoms with Gasteiger partial charge in [-0.25, -0.2) is 0 Å². The zero-order valence-electron chi connectivity index (χ0n) is 12.3. The van der Waals surface area contributed by atoms with Gasteiger partial charge in [0.2, 0.25) is 11.8 Å². The van der Waals surface area contributed by atoms with Crippen LogP contribution in [0.5, 0.6) is 5.75 Å². The molecule has 1 saturated heterocycles. The molecule has 1 fully saturated rings. The van der Waals surface area contributed by atoms with Gasteiger partial charge in [-0.3, -0.25) is 9.59 Å². The summed E-state index contributed by atoms with van der Waals surface area (Å²) in [6.07, 6.45) is 2.21. The molecular weight excluding hydrogens is 320 g/mol. The number of thioether (sulfide) groups is 1. The minimum absolute atomic E-state index is 0.103. The Bertz CT molecular complexity index is 560. The maximum atomic E-state index is 11.9. The molecule has 7 heteroatoms. The summed E-state index contributed by atoms with van der Waals surface area (Å²) in [5, 5.41) is 4.85. The van der Waals surface area contributed by atoms with E-state index in [4.69, 9.17) is 17.0 Å². The summed E-state index contributed by atoms with van der Waals surface area (Å²) in [6, 6.07) is 7.20. The first-order valence-corrected chi connectivity index (χ1v) is 8.41. The van der Waals surface area contributed by atoms with E-state index in [0.29, 0.717) is 16.6 Å². The molecular formula is C15H18N2O3S2. The minimum Gasteiger partial charge on any atom is -0.494 e. The largest absolute Gasteiger partial charge is 0.494 e. The van der Waals surface area contributed by atoms with Crippen LogP contribution < -0.4 is 15.4 Å². The minimum atomic E-state index is -0.441. The highest BCUT2D eigenvalue weighted by molar-refractivity contribution is 8.24. The van der Waals surface area contributed by atoms with Gasteiger partial charge in [0.05, 0.1) is 11.9 Å². The maximum absolute atomic E-state index is 11.9. The summed E-state index contributed by atoms with van der Waals surface area (Å²) in [5.41, 5.74) is 0.679. The molecule has 1 aliphatic rings. The van der Waals surface area contributed by atoms with Gasteiger partial charge in [0.15, 0.2) is 0 Å². The lowest BCUT2D eigenvalue weighted by molar-refractivity contribution is -0.122. The fourth-order valence-electron chi connectivity index (χ4n) is 1.88. The van der Waals surface area contributed by atoms with Crippen molar-refractivity contribution in [2.75, 3.05) is 11.9 Å². The van der Waals surface area contributed by atoms with E-state index in [9.17, 15) is 9.59 Å². The van der Waals surface area contributed by atoms with Crippen molar-refractivity contribution in [3.63, 3.8) is 0 Å². The zero-order chi connectivity index (χ0) is 15.9. The fourth-order valence-corrected chi connectivity index (χ4v) is 3.14. The number of carbonyl (C=O) groups excluding carboxylic acids is 2. The zero-order valence-corrected chi connectivity index (χ0v) is 13.9. The molecule has 118 valence electrons. The number of ether oxygens (including phenoxy) is 1. The Labute approximate surface area is 139 Å². The van der Waals surface area contributed by atoms with Gasteiger partial charge in [-0.1, -0.05) is 37.3 Å². The van der Waals surface area contributed by atoms with Crippen molar-refractivity contribution in [3.8, 4) is 5.75 Å². The Morgan fingerprint density at radius 3 is 2.73 bits per heavy atom. The molecule has 1 aromatic carbocycles. The number of rotatable bonds is 7. The van der Waals surface area contributed by atoms with E-state index in [1.807, 2.05) is 12.1 Å². The lowest BCUT2D eigenvalue weighted by Gasteiger charge is -2.09. The summed E-state index contributed by atoms with van der Waals surface area (Å²) < 4.78 is 5.98. The summed E-state index contributed by atoms with van der Waals surface area (Å²) in [5.74, 6) is 0.365. The SMILES string of the molecule is CCCCOc1ccc(NC(=O)C[C@@H]2SC(=S)NC2=O)cc1. The molecule has 1 heterocycles. The number of carbonyl (C=O) groups is 2. The van der Waals surface area contributed by atoms with Crippen molar-refractivity contribution in [2.24, 2.45) is 0 Å². The maximum Gasteiger partial charge on any atom is 0.239 e. The van der Waals surface area contributed by atoms with Crippen LogP contribution in [-0.4, -0.2) is 28.0 Å². The third-order valence-corrected chi connectivity index (χ3v) is 4.41. The molecule has 0 bridgehead atoms. The molecule has 1 aromatic rings. The molecule has 0 saturated carbocycles. The van der Waals surface area contributed by atoms with Crippen molar-refractivity contribution >= 4 is 45.8 Å². The smallest absolute Gasteiger partial charge is 0.239 e. The van der Waals surface area contributed by atoms with Gasteiger partial charge < -0.3 is 15.4 Å². The molecule has 0 aliphatic carbocycles. The Balaban J connectivity index is 1.81. The second-order valence-electron chi connectivity index (χ2n) is 4.86. The molecule has 0 unspecified atom stereocenters. The van der Waals surface area contributed by atoms with E-state index < -0.39 is 5.25 Å². The average Bonchev–Trinajstić information content (AvgIpc) is 2.79. The van der Waals surface area contributed by atoms with Crippen LogP contribution in [0.1, 0.15) is 26.2 Å². The molecule has 1 atom stereocenters. The number of unbranched alkanes of at least 4 members (excludes halogenated alkanes) is 1. The van der Waals surface area contributed by atoms with E-state index >= 15 is 0 Å². The van der Waals surface area contributed by atoms with Crippen LogP contribution >= 0.6 is 24.0 Å². The van der Waals surface area contributed by atoms with Gasteiger partial charge in [-0.15, -0.1) is 0 Å². The number of hydrogen-bond acceptors (Lipinski definition) is 5. The van der Waals surface area contributed by atoms with Gasteiger partial charge in [-0.2, -0.15) is 0 Å². The molecule has 0 radical (unpaired) electrons. The first-order valence-electron chi connectivity index (χ1n) is 7.12. The first-order chi connectivity index (χ1) is 10.6. The van der Waals surface area contributed by atoms with E-state index in [-0.39, 0.29) is 18.2 Å². The van der Waals surface area contributed by atoms with Gasteiger partial charge in [0, 0.05) is 12.1 Å². The predicted molar refractivity (Wildman–Crippen MR) is 92.2 cm³/mol. The van der Waals surface area contributed by atoms with Gasteiger partial charge in [0.25, 0.3) is 0 Å². The van der Waals surface area contributed by atoms with Crippen LogP contribution in [0.25, 0.3) is 0 Å². The molecule has 2 rings (SSSR count). The summed E-state index contributed by atoms with van der Waals surface area (Å²) in [6.45, 7) is 2.80. The second-order valence-corrected chi connectivity index (χ2v) is 6.74. The third-order valence-electron chi connectivity index (χ3n) is 3.04. The highest BCUT2D eigenvalue weighted by Gasteiger charge is 2.30. The first kappa shape index (κ1) is 16.8. The average molecular weight is 338 g/mol. The fraction of sp³-hybridized carbons (Fsp3) is 0.400. The van der Waals surface area contributed by atoms with Crippen LogP contribution in [0.4, 0.5) is 5.69 Å². The van der Waals surface area contributed by atoms with E-state index in [2.05, 4.69) is 17.6 Å². The number of amides is 2. The number of anilines is 1. The number of nitrogens with one attached hydrogen (secondary N) is 2. The van der Waals surface area contributed by atoms with Crippen LogP contribution in [0.2, 0.25) is 0 Å². The van der Waals surface area contributed by atoms with Crippen LogP contribution in [0.15, 0.2) is 24.3 Å². The Kier molecular flexibility index (Phi) is 6.21. The van der Waals surface area contributed by atoms with E-state index in [1.54, 1.807) is 12.1 Å². The topological polar surface area (TPSA) is 67.4 Å². The van der Waals surface area contributed by atoms with Crippen molar-refractivity contribution in [1.29, 1.82) is 0 Å². The lowest BCUT2D eigenvalue weighted by atomic mass is 10.2. The molecule has 2 N–H and O–H groups in total. The monoisotopic (exact) mass is 338 g/mol. The highest BCUT2D eigenvalue weighted by Crippen LogP contribution is 2.23. The lowest BCUT2D eigenvalue weighted by Crippen LogP contribution is -2.27. The summed E-state index contributed by atoms with van der Waals surface area (Å²) in [4.78, 5) is 23.5. The van der Waals surface area contributed by atoms with Gasteiger partial charge in [0.1, 0.15) is 10.1 Å². The Morgan fingerprint density at radius 2 is 2.14 bits per heavy atom.